The third-order valence-electron chi connectivity index (χ3n) is 17.1. The fraction of sp³-hybridized carbons (Fsp3) is 0.417. The molecular weight excluding hydrogens is 893 g/mol. The Morgan fingerprint density at radius 2 is 0.541 bits per heavy atom. The number of rotatable bonds is 4. The van der Waals surface area contributed by atoms with Crippen molar-refractivity contribution < 1.29 is 0 Å². The highest BCUT2D eigenvalue weighted by atomic mass is 14.9. The first-order valence-corrected chi connectivity index (χ1v) is 28.0. The van der Waals surface area contributed by atoms with Crippen molar-refractivity contribution in [2.45, 2.75) is 197 Å². The third kappa shape index (κ3) is 7.60. The molecule has 0 saturated heterocycles. The van der Waals surface area contributed by atoms with Crippen LogP contribution in [0.25, 0.3) is 98.4 Å². The molecule has 0 saturated carbocycles. The molecule has 382 valence electrons. The molecule has 0 bridgehead atoms. The van der Waals surface area contributed by atoms with Crippen LogP contribution in [0, 0.1) is 0 Å². The molecule has 0 fully saturated rings. The Morgan fingerprint density at radius 3 is 0.811 bits per heavy atom. The highest BCUT2D eigenvalue weighted by Crippen LogP contribution is 2.55. The van der Waals surface area contributed by atoms with Crippen molar-refractivity contribution in [3.05, 3.63) is 142 Å². The zero-order chi connectivity index (χ0) is 53.6. The third-order valence-corrected chi connectivity index (χ3v) is 17.1. The van der Waals surface area contributed by atoms with Gasteiger partial charge in [-0.15, -0.1) is 0 Å². The lowest BCUT2D eigenvalue weighted by atomic mass is 9.79. The van der Waals surface area contributed by atoms with Crippen molar-refractivity contribution in [2.75, 3.05) is 0 Å². The highest BCUT2D eigenvalue weighted by molar-refractivity contribution is 6.45. The van der Waals surface area contributed by atoms with E-state index in [4.69, 9.17) is 0 Å². The Bertz CT molecular complexity index is 3760. The van der Waals surface area contributed by atoms with Gasteiger partial charge in [0.05, 0.1) is 33.1 Å². The van der Waals surface area contributed by atoms with Crippen molar-refractivity contribution in [3.8, 4) is 22.3 Å². The molecule has 2 nitrogen and oxygen atoms in total. The van der Waals surface area contributed by atoms with Gasteiger partial charge < -0.3 is 8.80 Å². The summed E-state index contributed by atoms with van der Waals surface area (Å²) >= 11 is 0. The first kappa shape index (κ1) is 50.3. The molecular formula is C72H84N2. The average Bonchev–Trinajstić information content (AvgIpc) is 4.01. The molecule has 2 heteroatoms. The lowest BCUT2D eigenvalue weighted by Gasteiger charge is -2.26. The predicted octanol–water partition coefficient (Wildman–Crippen LogP) is 21.4. The topological polar surface area (TPSA) is 8.82 Å². The zero-order valence-electron chi connectivity index (χ0n) is 49.3. The van der Waals surface area contributed by atoms with Gasteiger partial charge in [0, 0.05) is 43.1 Å². The van der Waals surface area contributed by atoms with E-state index in [0.29, 0.717) is 11.8 Å². The minimum Gasteiger partial charge on any atom is -0.308 e. The van der Waals surface area contributed by atoms with Gasteiger partial charge in [-0.1, -0.05) is 213 Å². The summed E-state index contributed by atoms with van der Waals surface area (Å²) in [6, 6.07) is 40.0. The quantitative estimate of drug-likeness (QED) is 0.166. The minimum atomic E-state index is -0.0394. The standard InChI is InChI=1S/C72H84N2/c1-39(2)51-35-49(71(17,18)19)37-55-61-59-54-32-42(44-29-47(69(11,12)13)34-48(30-44)70(14,15)16)24-26-58(54)74-64-52(40(3)4)36-50(72(20,21)22)38-56(64)62(66(59)74)60-53-31-41(23-25-57(53)73(63(51)55)65(60)61)43-27-45(67(5,6)7)33-46(28-43)68(8,9)10/h23-40H,1-22H3. The van der Waals surface area contributed by atoms with Gasteiger partial charge in [-0.3, -0.25) is 0 Å². The average molecular weight is 977 g/mol. The summed E-state index contributed by atoms with van der Waals surface area (Å²) in [5.41, 5.74) is 24.2. The van der Waals surface area contributed by atoms with Crippen LogP contribution in [0.2, 0.25) is 0 Å². The summed E-state index contributed by atoms with van der Waals surface area (Å²) in [6.45, 7) is 52.2. The Hall–Kier alpha value is -5.86. The number of aromatic nitrogens is 2. The molecule has 11 rings (SSSR count). The van der Waals surface area contributed by atoms with Gasteiger partial charge in [0.25, 0.3) is 0 Å². The maximum Gasteiger partial charge on any atom is 0.0634 e. The van der Waals surface area contributed by atoms with Crippen LogP contribution in [0.1, 0.15) is 209 Å². The molecule has 4 aromatic heterocycles. The summed E-state index contributed by atoms with van der Waals surface area (Å²) in [7, 11) is 0. The van der Waals surface area contributed by atoms with Crippen LogP contribution < -0.4 is 0 Å². The normalized spacial score (nSPS) is 14.1. The molecule has 7 aromatic carbocycles. The van der Waals surface area contributed by atoms with E-state index < -0.39 is 0 Å². The molecule has 0 radical (unpaired) electrons. The van der Waals surface area contributed by atoms with E-state index in [1.807, 2.05) is 0 Å². The summed E-state index contributed by atoms with van der Waals surface area (Å²) in [6.07, 6.45) is 0. The Balaban J connectivity index is 1.42. The second-order valence-corrected chi connectivity index (χ2v) is 29.7. The van der Waals surface area contributed by atoms with Crippen LogP contribution in [-0.4, -0.2) is 8.80 Å². The molecule has 11 aromatic rings. The maximum absolute atomic E-state index is 2.73. The van der Waals surface area contributed by atoms with E-state index in [1.165, 1.54) is 143 Å². The van der Waals surface area contributed by atoms with Crippen LogP contribution in [0.5, 0.6) is 0 Å². The lowest BCUT2D eigenvalue weighted by molar-refractivity contribution is 0.568. The number of fused-ring (bicyclic) bond motifs is 14. The number of benzene rings is 7. The largest absolute Gasteiger partial charge is 0.308 e. The lowest BCUT2D eigenvalue weighted by Crippen LogP contribution is -2.16. The van der Waals surface area contributed by atoms with E-state index >= 15 is 0 Å². The molecule has 0 N–H and O–H groups in total. The van der Waals surface area contributed by atoms with Crippen molar-refractivity contribution in [2.24, 2.45) is 0 Å². The van der Waals surface area contributed by atoms with Crippen LogP contribution in [0.3, 0.4) is 0 Å². The van der Waals surface area contributed by atoms with Crippen LogP contribution >= 0.6 is 0 Å². The van der Waals surface area contributed by atoms with Crippen LogP contribution in [-0.2, 0) is 32.5 Å². The molecule has 0 atom stereocenters. The molecule has 0 amide bonds. The molecule has 0 aliphatic rings. The van der Waals surface area contributed by atoms with Crippen molar-refractivity contribution in [1.82, 2.24) is 8.80 Å². The molecule has 0 aliphatic heterocycles. The molecule has 4 heterocycles. The van der Waals surface area contributed by atoms with Crippen LogP contribution in [0.4, 0.5) is 0 Å². The first-order valence-electron chi connectivity index (χ1n) is 28.0. The molecule has 0 unspecified atom stereocenters. The zero-order valence-corrected chi connectivity index (χ0v) is 49.3. The Labute approximate surface area is 443 Å². The molecule has 0 aliphatic carbocycles. The molecule has 0 spiro atoms. The minimum absolute atomic E-state index is 0.00636. The molecule has 74 heavy (non-hydrogen) atoms. The van der Waals surface area contributed by atoms with Gasteiger partial charge in [-0.2, -0.15) is 0 Å². The maximum atomic E-state index is 2.73. The second-order valence-electron chi connectivity index (χ2n) is 29.7. The summed E-state index contributed by atoms with van der Waals surface area (Å²) < 4.78 is 5.46. The summed E-state index contributed by atoms with van der Waals surface area (Å²) in [5.74, 6) is 0.629. The van der Waals surface area contributed by atoms with E-state index in [0.717, 1.165) is 0 Å². The van der Waals surface area contributed by atoms with Crippen molar-refractivity contribution >= 4 is 76.2 Å². The van der Waals surface area contributed by atoms with E-state index in [1.54, 1.807) is 0 Å². The Kier molecular flexibility index (Phi) is 10.8. The summed E-state index contributed by atoms with van der Waals surface area (Å²) in [4.78, 5) is 0. The number of nitrogens with zero attached hydrogens (tertiary/aromatic N) is 2. The SMILES string of the molecule is CC(C)c1cc(C(C)(C)C)cc2c3c4c5cc(-c6cc(C(C)(C)C)cc(C(C)(C)C)c6)ccc5n5c6c(C(C)C)cc(C(C)(C)C)cc6c(c6c7cc(-c8cc(C(C)(C)C)cc(C(C)(C)C)c8)ccc7n(c12)c63)c45. The van der Waals surface area contributed by atoms with Crippen molar-refractivity contribution in [3.63, 3.8) is 0 Å². The van der Waals surface area contributed by atoms with Crippen LogP contribution in [0.15, 0.2) is 97.1 Å². The first-order chi connectivity index (χ1) is 34.1. The van der Waals surface area contributed by atoms with Gasteiger partial charge in [0.15, 0.2) is 0 Å². The fourth-order valence-corrected chi connectivity index (χ4v) is 12.4. The number of hydrogen-bond acceptors (Lipinski definition) is 0. The smallest absolute Gasteiger partial charge is 0.0634 e. The summed E-state index contributed by atoms with van der Waals surface area (Å²) in [5, 5.41) is 10.9. The van der Waals surface area contributed by atoms with Gasteiger partial charge in [-0.05, 0) is 147 Å². The fourth-order valence-electron chi connectivity index (χ4n) is 12.4. The van der Waals surface area contributed by atoms with E-state index in [9.17, 15) is 0 Å². The predicted molar refractivity (Wildman–Crippen MR) is 327 cm³/mol. The Morgan fingerprint density at radius 1 is 0.270 bits per heavy atom. The van der Waals surface area contributed by atoms with Crippen molar-refractivity contribution in [1.29, 1.82) is 0 Å². The highest BCUT2D eigenvalue weighted by Gasteiger charge is 2.34. The van der Waals surface area contributed by atoms with Gasteiger partial charge >= 0.3 is 0 Å². The monoisotopic (exact) mass is 977 g/mol. The van der Waals surface area contributed by atoms with Gasteiger partial charge in [0.2, 0.25) is 0 Å². The van der Waals surface area contributed by atoms with E-state index in [2.05, 4.69) is 258 Å². The number of hydrogen-bond donors (Lipinski definition) is 0. The second kappa shape index (κ2) is 15.8. The van der Waals surface area contributed by atoms with Gasteiger partial charge in [-0.25, -0.2) is 0 Å². The van der Waals surface area contributed by atoms with Gasteiger partial charge in [0.1, 0.15) is 0 Å². The van der Waals surface area contributed by atoms with E-state index in [-0.39, 0.29) is 32.5 Å².